The third-order valence-electron chi connectivity index (χ3n) is 10.5. The first-order valence-corrected chi connectivity index (χ1v) is 24.5. The second-order valence-corrected chi connectivity index (χ2v) is 17.1. The van der Waals surface area contributed by atoms with E-state index in [-0.39, 0.29) is 75.7 Å². The number of rotatable bonds is 39. The van der Waals surface area contributed by atoms with E-state index >= 15 is 0 Å². The van der Waals surface area contributed by atoms with E-state index in [4.69, 9.17) is 9.47 Å². The maximum Gasteiger partial charge on any atom is 1.00 e. The van der Waals surface area contributed by atoms with E-state index in [9.17, 15) is 22.6 Å². The average molecular weight is 841 g/mol. The van der Waals surface area contributed by atoms with Crippen molar-refractivity contribution in [2.45, 2.75) is 224 Å². The third-order valence-corrected chi connectivity index (χ3v) is 11.3. The van der Waals surface area contributed by atoms with Crippen LogP contribution in [0.2, 0.25) is 0 Å². The van der Waals surface area contributed by atoms with Gasteiger partial charge in [-0.3, -0.25) is 0 Å². The molecule has 0 spiro atoms. The third kappa shape index (κ3) is 33.6. The van der Waals surface area contributed by atoms with Gasteiger partial charge in [0.15, 0.2) is 0 Å². The molecule has 1 aromatic carbocycles. The first kappa shape index (κ1) is 56.2. The van der Waals surface area contributed by atoms with Crippen molar-refractivity contribution in [3.8, 4) is 0 Å². The Kier molecular flexibility index (Phi) is 40.0. The summed E-state index contributed by atoms with van der Waals surface area (Å²) in [5.74, 6) is -1.54. The fraction of sp³-hybridized carbons (Fsp3) is 0.750. The quantitative estimate of drug-likeness (QED) is 0.0213. The minimum atomic E-state index is -4.82. The predicted octanol–water partition coefficient (Wildman–Crippen LogP) is 11.5. The van der Waals surface area contributed by atoms with Crippen molar-refractivity contribution >= 4 is 22.1 Å². The van der Waals surface area contributed by atoms with Crippen LogP contribution in [-0.4, -0.2) is 38.1 Å². The van der Waals surface area contributed by atoms with Gasteiger partial charge in [0.2, 0.25) is 0 Å². The zero-order chi connectivity index (χ0) is 40.8. The monoisotopic (exact) mass is 841 g/mol. The molecule has 0 aliphatic rings. The molecule has 0 heterocycles. The van der Waals surface area contributed by atoms with Gasteiger partial charge in [-0.15, -0.1) is 0 Å². The summed E-state index contributed by atoms with van der Waals surface area (Å²) in [6, 6.07) is 3.14. The van der Waals surface area contributed by atoms with Gasteiger partial charge >= 0.3 is 63.3 Å². The van der Waals surface area contributed by atoms with Gasteiger partial charge in [0, 0.05) is 0 Å². The minimum absolute atomic E-state index is 0. The molecule has 0 N–H and O–H groups in total. The number of unbranched alkanes of at least 4 members (excludes halogenated alkanes) is 28. The molecule has 7 nitrogen and oxygen atoms in total. The van der Waals surface area contributed by atoms with Gasteiger partial charge < -0.3 is 14.0 Å². The summed E-state index contributed by atoms with van der Waals surface area (Å²) < 4.78 is 45.8. The van der Waals surface area contributed by atoms with Crippen LogP contribution in [0, 0.1) is 0 Å². The molecule has 1 aromatic rings. The van der Waals surface area contributed by atoms with Crippen LogP contribution in [0.3, 0.4) is 0 Å². The Morgan fingerprint density at radius 2 is 0.772 bits per heavy atom. The Bertz CT molecular complexity index is 1280. The normalized spacial score (nSPS) is 11.7. The van der Waals surface area contributed by atoms with E-state index in [1.165, 1.54) is 160 Å². The van der Waals surface area contributed by atoms with E-state index in [1.807, 2.05) is 0 Å². The topological polar surface area (TPSA) is 110 Å². The van der Waals surface area contributed by atoms with Crippen LogP contribution in [0.5, 0.6) is 0 Å². The molecule has 0 amide bonds. The zero-order valence-electron chi connectivity index (χ0n) is 36.8. The molecule has 9 heteroatoms. The van der Waals surface area contributed by atoms with Gasteiger partial charge in [0.05, 0.1) is 29.2 Å². The number of esters is 2. The van der Waals surface area contributed by atoms with Gasteiger partial charge in [-0.05, 0) is 69.6 Å². The zero-order valence-corrected chi connectivity index (χ0v) is 40.8. The Morgan fingerprint density at radius 3 is 1.11 bits per heavy atom. The summed E-state index contributed by atoms with van der Waals surface area (Å²) in [6.07, 6.45) is 47.9. The number of carbonyl (C=O) groups excluding carboxylic acids is 2. The maximum absolute atomic E-state index is 12.9. The SMILES string of the molecule is CCCC/C=C/CCCCCCCCCCCCCCOC(=O)c1ccc(S(=O)(=O)[O-])cc1C(=O)OCCCCCCCCCCCCCC/C=C/CCCC.[K+]. The maximum atomic E-state index is 12.9. The van der Waals surface area contributed by atoms with E-state index in [2.05, 4.69) is 38.2 Å². The van der Waals surface area contributed by atoms with Crippen LogP contribution < -0.4 is 51.4 Å². The van der Waals surface area contributed by atoms with E-state index in [0.29, 0.717) is 12.8 Å². The summed E-state index contributed by atoms with van der Waals surface area (Å²) >= 11 is 0. The van der Waals surface area contributed by atoms with Crippen molar-refractivity contribution in [1.82, 2.24) is 0 Å². The van der Waals surface area contributed by atoms with Crippen LogP contribution in [0.15, 0.2) is 47.4 Å². The van der Waals surface area contributed by atoms with Crippen molar-refractivity contribution in [1.29, 1.82) is 0 Å². The fourth-order valence-corrected chi connectivity index (χ4v) is 7.39. The Balaban J connectivity index is 0.0000314. The molecule has 0 fully saturated rings. The molecule has 0 aliphatic heterocycles. The fourth-order valence-electron chi connectivity index (χ4n) is 6.89. The van der Waals surface area contributed by atoms with Crippen molar-refractivity contribution in [3.05, 3.63) is 53.6 Å². The van der Waals surface area contributed by atoms with Crippen LogP contribution in [0.25, 0.3) is 0 Å². The van der Waals surface area contributed by atoms with E-state index in [0.717, 1.165) is 50.7 Å². The summed E-state index contributed by atoms with van der Waals surface area (Å²) in [4.78, 5) is 25.3. The van der Waals surface area contributed by atoms with Crippen molar-refractivity contribution < 1.29 is 83.4 Å². The first-order valence-electron chi connectivity index (χ1n) is 23.0. The Hall–Kier alpha value is -0.814. The van der Waals surface area contributed by atoms with Crippen LogP contribution in [0.4, 0.5) is 0 Å². The number of hydrogen-bond donors (Lipinski definition) is 0. The molecular weight excluding hydrogens is 760 g/mol. The van der Waals surface area contributed by atoms with Crippen molar-refractivity contribution in [2.24, 2.45) is 0 Å². The number of allylic oxidation sites excluding steroid dienone is 4. The van der Waals surface area contributed by atoms with Crippen LogP contribution in [0.1, 0.15) is 240 Å². The van der Waals surface area contributed by atoms with Crippen molar-refractivity contribution in [3.63, 3.8) is 0 Å². The average Bonchev–Trinajstić information content (AvgIpc) is 3.18. The summed E-state index contributed by atoms with van der Waals surface area (Å²) in [5, 5.41) is 0. The van der Waals surface area contributed by atoms with Gasteiger partial charge in [-0.1, -0.05) is 192 Å². The van der Waals surface area contributed by atoms with E-state index < -0.39 is 27.0 Å². The molecule has 57 heavy (non-hydrogen) atoms. The number of carbonyl (C=O) groups is 2. The number of hydrogen-bond acceptors (Lipinski definition) is 7. The molecule has 0 bridgehead atoms. The van der Waals surface area contributed by atoms with Gasteiger partial charge in [0.1, 0.15) is 10.1 Å². The van der Waals surface area contributed by atoms with Crippen LogP contribution in [-0.2, 0) is 19.6 Å². The molecule has 0 saturated carbocycles. The van der Waals surface area contributed by atoms with Gasteiger partial charge in [-0.25, -0.2) is 18.0 Å². The van der Waals surface area contributed by atoms with Crippen LogP contribution >= 0.6 is 0 Å². The number of benzene rings is 1. The summed E-state index contributed by atoms with van der Waals surface area (Å²) in [7, 11) is -4.82. The molecule has 0 aliphatic carbocycles. The molecule has 0 radical (unpaired) electrons. The molecule has 0 aromatic heterocycles. The standard InChI is InChI=1S/C48H82O7S.K/c1-3-5-7-9-11-13-15-17-19-21-23-25-27-29-31-33-35-37-41-54-47(49)45-40-39-44(56(51,52)53)43-46(45)48(50)55-42-38-36-34-32-30-28-26-24-22-20-18-16-14-12-10-8-6-4-2;/h9-12,39-40,43H,3-8,13-38,41-42H2,1-2H3,(H,51,52,53);/q;+1/p-1/b11-9+,12-10+;. The van der Waals surface area contributed by atoms with Crippen molar-refractivity contribution in [2.75, 3.05) is 13.2 Å². The molecule has 1 rings (SSSR count). The second-order valence-electron chi connectivity index (χ2n) is 15.7. The van der Waals surface area contributed by atoms with Gasteiger partial charge in [-0.2, -0.15) is 0 Å². The smallest absolute Gasteiger partial charge is 0.744 e. The Morgan fingerprint density at radius 1 is 0.474 bits per heavy atom. The molecular formula is C48H81KO7S. The van der Waals surface area contributed by atoms with E-state index in [1.54, 1.807) is 0 Å². The minimum Gasteiger partial charge on any atom is -0.744 e. The molecule has 0 atom stereocenters. The molecule has 0 unspecified atom stereocenters. The molecule has 322 valence electrons. The Labute approximate surface area is 392 Å². The largest absolute Gasteiger partial charge is 1.00 e. The predicted molar refractivity (Wildman–Crippen MR) is 232 cm³/mol. The summed E-state index contributed by atoms with van der Waals surface area (Å²) in [5.41, 5.74) is -0.335. The van der Waals surface area contributed by atoms with Gasteiger partial charge in [0.25, 0.3) is 0 Å². The first-order chi connectivity index (χ1) is 27.3. The second kappa shape index (κ2) is 40.6. The number of ether oxygens (including phenoxy) is 2. The molecule has 0 saturated heterocycles. The summed E-state index contributed by atoms with van der Waals surface area (Å²) in [6.45, 7) is 4.84.